The van der Waals surface area contributed by atoms with Gasteiger partial charge in [-0.25, -0.2) is 0 Å². The van der Waals surface area contributed by atoms with E-state index >= 15 is 0 Å². The van der Waals surface area contributed by atoms with Gasteiger partial charge < -0.3 is 10.1 Å². The number of methoxy groups -OCH3 is 1. The van der Waals surface area contributed by atoms with Crippen LogP contribution in [0.15, 0.2) is 46.9 Å². The number of para-hydroxylation sites is 1. The Kier molecular flexibility index (Phi) is 5.20. The zero-order chi connectivity index (χ0) is 14.5. The van der Waals surface area contributed by atoms with Crippen LogP contribution in [0.1, 0.15) is 15.9 Å². The summed E-state index contributed by atoms with van der Waals surface area (Å²) < 4.78 is 5.90. The smallest absolute Gasteiger partial charge is 0.255 e. The van der Waals surface area contributed by atoms with E-state index in [4.69, 9.17) is 4.74 Å². The van der Waals surface area contributed by atoms with Crippen molar-refractivity contribution in [2.45, 2.75) is 5.33 Å². The lowest BCUT2D eigenvalue weighted by Gasteiger charge is -2.10. The van der Waals surface area contributed by atoms with Gasteiger partial charge in [-0.05, 0) is 45.8 Å². The maximum absolute atomic E-state index is 12.2. The molecule has 0 atom stereocenters. The van der Waals surface area contributed by atoms with Gasteiger partial charge in [-0.15, -0.1) is 0 Å². The Bertz CT molecular complexity index is 629. The molecule has 5 heteroatoms. The highest BCUT2D eigenvalue weighted by Gasteiger charge is 2.10. The summed E-state index contributed by atoms with van der Waals surface area (Å²) in [4.78, 5) is 12.2. The molecular formula is C15H13Br2NO2. The molecule has 3 nitrogen and oxygen atoms in total. The molecule has 0 aliphatic carbocycles. The largest absolute Gasteiger partial charge is 0.496 e. The van der Waals surface area contributed by atoms with E-state index in [0.717, 1.165) is 15.7 Å². The normalized spacial score (nSPS) is 10.2. The highest BCUT2D eigenvalue weighted by molar-refractivity contribution is 9.10. The van der Waals surface area contributed by atoms with Crippen molar-refractivity contribution < 1.29 is 9.53 Å². The van der Waals surface area contributed by atoms with Crippen LogP contribution >= 0.6 is 31.9 Å². The van der Waals surface area contributed by atoms with E-state index in [1.165, 1.54) is 0 Å². The Morgan fingerprint density at radius 3 is 2.65 bits per heavy atom. The molecule has 2 rings (SSSR count). The molecule has 0 spiro atoms. The fourth-order valence-corrected chi connectivity index (χ4v) is 2.79. The first-order valence-electron chi connectivity index (χ1n) is 5.94. The van der Waals surface area contributed by atoms with Gasteiger partial charge in [0.1, 0.15) is 5.75 Å². The standard InChI is InChI=1S/C15H13Br2NO2/c1-20-14-7-6-10(8-12(14)17)15(19)18-13-5-3-2-4-11(13)9-16/h2-8H,9H2,1H3,(H,18,19). The third-order valence-corrected chi connectivity index (χ3v) is 4.05. The van der Waals surface area contributed by atoms with Crippen molar-refractivity contribution >= 4 is 43.5 Å². The molecule has 0 radical (unpaired) electrons. The molecule has 1 amide bonds. The van der Waals surface area contributed by atoms with Gasteiger partial charge >= 0.3 is 0 Å². The Morgan fingerprint density at radius 1 is 1.25 bits per heavy atom. The lowest BCUT2D eigenvalue weighted by atomic mass is 10.1. The maximum Gasteiger partial charge on any atom is 0.255 e. The molecule has 1 N–H and O–H groups in total. The van der Waals surface area contributed by atoms with Crippen molar-refractivity contribution in [2.75, 3.05) is 12.4 Å². The minimum Gasteiger partial charge on any atom is -0.496 e. The van der Waals surface area contributed by atoms with Gasteiger partial charge in [0.05, 0.1) is 11.6 Å². The van der Waals surface area contributed by atoms with Gasteiger partial charge in [-0.2, -0.15) is 0 Å². The van der Waals surface area contributed by atoms with Gasteiger partial charge in [0.15, 0.2) is 0 Å². The van der Waals surface area contributed by atoms with E-state index in [2.05, 4.69) is 37.2 Å². The van der Waals surface area contributed by atoms with Crippen LogP contribution in [0, 0.1) is 0 Å². The first-order chi connectivity index (χ1) is 9.65. The molecule has 0 unspecified atom stereocenters. The van der Waals surface area contributed by atoms with Gasteiger partial charge in [0.2, 0.25) is 0 Å². The molecule has 2 aromatic rings. The van der Waals surface area contributed by atoms with Crippen LogP contribution in [0.4, 0.5) is 5.69 Å². The van der Waals surface area contributed by atoms with Gasteiger partial charge in [0, 0.05) is 16.6 Å². The summed E-state index contributed by atoms with van der Waals surface area (Å²) in [7, 11) is 1.59. The number of nitrogens with one attached hydrogen (secondary N) is 1. The summed E-state index contributed by atoms with van der Waals surface area (Å²) in [6.07, 6.45) is 0. The third kappa shape index (κ3) is 3.41. The number of hydrogen-bond acceptors (Lipinski definition) is 2. The number of amides is 1. The average molecular weight is 399 g/mol. The predicted molar refractivity (Wildman–Crippen MR) is 87.7 cm³/mol. The van der Waals surface area contributed by atoms with E-state index in [9.17, 15) is 4.79 Å². The SMILES string of the molecule is COc1ccc(C(=O)Nc2ccccc2CBr)cc1Br. The van der Waals surface area contributed by atoms with E-state index in [0.29, 0.717) is 16.6 Å². The summed E-state index contributed by atoms with van der Waals surface area (Å²) >= 11 is 6.79. The van der Waals surface area contributed by atoms with E-state index < -0.39 is 0 Å². The van der Waals surface area contributed by atoms with E-state index in [-0.39, 0.29) is 5.91 Å². The first kappa shape index (κ1) is 15.1. The van der Waals surface area contributed by atoms with Gasteiger partial charge in [-0.1, -0.05) is 34.1 Å². The molecule has 0 fully saturated rings. The Hall–Kier alpha value is -1.33. The third-order valence-electron chi connectivity index (χ3n) is 2.82. The fraction of sp³-hybridized carbons (Fsp3) is 0.133. The average Bonchev–Trinajstić information content (AvgIpc) is 2.47. The molecule has 0 aromatic heterocycles. The minimum absolute atomic E-state index is 0.151. The number of halogens is 2. The summed E-state index contributed by atoms with van der Waals surface area (Å²) in [6, 6.07) is 12.9. The van der Waals surface area contributed by atoms with Crippen molar-refractivity contribution in [3.05, 3.63) is 58.1 Å². The fourth-order valence-electron chi connectivity index (χ4n) is 1.76. The number of ether oxygens (including phenoxy) is 1. The maximum atomic E-state index is 12.2. The van der Waals surface area contributed by atoms with Gasteiger partial charge in [-0.3, -0.25) is 4.79 Å². The van der Waals surface area contributed by atoms with Crippen molar-refractivity contribution in [1.82, 2.24) is 0 Å². The van der Waals surface area contributed by atoms with E-state index in [1.807, 2.05) is 24.3 Å². The number of anilines is 1. The molecule has 0 aliphatic rings. The lowest BCUT2D eigenvalue weighted by molar-refractivity contribution is 0.102. The second kappa shape index (κ2) is 6.90. The number of carbonyl (C=O) groups excluding carboxylic acids is 1. The highest BCUT2D eigenvalue weighted by Crippen LogP contribution is 2.26. The summed E-state index contributed by atoms with van der Waals surface area (Å²) in [5.74, 6) is 0.546. The lowest BCUT2D eigenvalue weighted by Crippen LogP contribution is -2.13. The second-order valence-corrected chi connectivity index (χ2v) is 5.51. The van der Waals surface area contributed by atoms with E-state index in [1.54, 1.807) is 25.3 Å². The van der Waals surface area contributed by atoms with Crippen LogP contribution in [-0.2, 0) is 5.33 Å². The predicted octanol–water partition coefficient (Wildman–Crippen LogP) is 4.60. The molecule has 20 heavy (non-hydrogen) atoms. The molecule has 0 bridgehead atoms. The second-order valence-electron chi connectivity index (χ2n) is 4.09. The zero-order valence-electron chi connectivity index (χ0n) is 10.8. The molecule has 104 valence electrons. The Balaban J connectivity index is 2.22. The summed E-state index contributed by atoms with van der Waals surface area (Å²) in [6.45, 7) is 0. The highest BCUT2D eigenvalue weighted by atomic mass is 79.9. The number of alkyl halides is 1. The van der Waals surface area contributed by atoms with Crippen molar-refractivity contribution in [3.8, 4) is 5.75 Å². The number of carbonyl (C=O) groups is 1. The summed E-state index contributed by atoms with van der Waals surface area (Å²) in [5.41, 5.74) is 2.41. The minimum atomic E-state index is -0.151. The number of rotatable bonds is 4. The van der Waals surface area contributed by atoms with Crippen LogP contribution in [0.2, 0.25) is 0 Å². The van der Waals surface area contributed by atoms with Crippen molar-refractivity contribution in [2.24, 2.45) is 0 Å². The van der Waals surface area contributed by atoms with Crippen LogP contribution in [0.25, 0.3) is 0 Å². The number of benzene rings is 2. The molecule has 0 aliphatic heterocycles. The molecule has 2 aromatic carbocycles. The monoisotopic (exact) mass is 397 g/mol. The first-order valence-corrected chi connectivity index (χ1v) is 7.86. The Labute approximate surface area is 134 Å². The quantitative estimate of drug-likeness (QED) is 0.764. The van der Waals surface area contributed by atoms with Crippen LogP contribution < -0.4 is 10.1 Å². The number of hydrogen-bond donors (Lipinski definition) is 1. The molecule has 0 heterocycles. The van der Waals surface area contributed by atoms with Crippen LogP contribution in [0.3, 0.4) is 0 Å². The van der Waals surface area contributed by atoms with Crippen molar-refractivity contribution in [3.63, 3.8) is 0 Å². The zero-order valence-corrected chi connectivity index (χ0v) is 14.0. The topological polar surface area (TPSA) is 38.3 Å². The van der Waals surface area contributed by atoms with Crippen molar-refractivity contribution in [1.29, 1.82) is 0 Å². The Morgan fingerprint density at radius 2 is 2.00 bits per heavy atom. The molecule has 0 saturated heterocycles. The van der Waals surface area contributed by atoms with Crippen LogP contribution in [-0.4, -0.2) is 13.0 Å². The van der Waals surface area contributed by atoms with Gasteiger partial charge in [0.25, 0.3) is 5.91 Å². The van der Waals surface area contributed by atoms with Crippen LogP contribution in [0.5, 0.6) is 5.75 Å². The summed E-state index contributed by atoms with van der Waals surface area (Å²) in [5, 5.41) is 3.60. The molecule has 0 saturated carbocycles. The molecular weight excluding hydrogens is 386 g/mol.